The van der Waals surface area contributed by atoms with Gasteiger partial charge in [-0.2, -0.15) is 0 Å². The molecule has 5 atom stereocenters. The van der Waals surface area contributed by atoms with Gasteiger partial charge in [-0.1, -0.05) is 65.2 Å². The highest BCUT2D eigenvalue weighted by molar-refractivity contribution is 6.19. The molecular formula is C46H62N4O5. The van der Waals surface area contributed by atoms with Crippen molar-refractivity contribution in [1.29, 1.82) is 0 Å². The topological polar surface area (TPSA) is 129 Å². The van der Waals surface area contributed by atoms with E-state index in [1.54, 1.807) is 0 Å². The summed E-state index contributed by atoms with van der Waals surface area (Å²) in [6.45, 7) is 21.2. The second kappa shape index (κ2) is 18.2. The van der Waals surface area contributed by atoms with Gasteiger partial charge in [0.25, 0.3) is 0 Å². The minimum atomic E-state index is -1.10. The first-order valence-electron chi connectivity index (χ1n) is 20.2. The number of nitrogens with one attached hydrogen (secondary N) is 4. The highest BCUT2D eigenvalue weighted by atomic mass is 16.5. The molecule has 0 amide bonds. The van der Waals surface area contributed by atoms with Crippen LogP contribution in [0.25, 0.3) is 23.8 Å². The summed E-state index contributed by atoms with van der Waals surface area (Å²) in [4.78, 5) is 51.4. The van der Waals surface area contributed by atoms with Crippen LogP contribution in [0.15, 0.2) is 36.3 Å². The Balaban J connectivity index is 1.49. The first-order valence-corrected chi connectivity index (χ1v) is 20.2. The van der Waals surface area contributed by atoms with E-state index in [1.165, 1.54) is 43.1 Å². The molecule has 0 aromatic carbocycles. The van der Waals surface area contributed by atoms with Crippen LogP contribution < -0.4 is 16.0 Å². The molecule has 9 nitrogen and oxygen atoms in total. The number of hydrogen-bond donors (Lipinski definition) is 4. The summed E-state index contributed by atoms with van der Waals surface area (Å²) in [7, 11) is 1.32. The highest BCUT2D eigenvalue weighted by Gasteiger charge is 2.49. The Bertz CT molecular complexity index is 2090. The van der Waals surface area contributed by atoms with Crippen LogP contribution in [-0.4, -0.2) is 52.4 Å². The van der Waals surface area contributed by atoms with E-state index in [9.17, 15) is 14.4 Å². The molecule has 3 aromatic heterocycles. The van der Waals surface area contributed by atoms with E-state index in [0.717, 1.165) is 64.3 Å². The van der Waals surface area contributed by atoms with Crippen molar-refractivity contribution in [2.45, 2.75) is 113 Å². The first kappa shape index (κ1) is 41.4. The van der Waals surface area contributed by atoms with E-state index in [4.69, 9.17) is 9.47 Å². The molecule has 1 aliphatic heterocycles. The second-order valence-corrected chi connectivity index (χ2v) is 15.8. The number of methoxy groups -OCH3 is 1. The number of allylic oxidation sites excluding steroid dienone is 2. The summed E-state index contributed by atoms with van der Waals surface area (Å²) < 4.78 is 11.0. The minimum absolute atomic E-state index is 0.0361. The Kier molecular flexibility index (Phi) is 13.7. The van der Waals surface area contributed by atoms with Crippen molar-refractivity contribution in [2.24, 2.45) is 23.7 Å². The van der Waals surface area contributed by atoms with Crippen molar-refractivity contribution >= 4 is 41.5 Å². The number of H-pyrrole nitrogens is 3. The number of aryl methyl sites for hydroxylation is 1. The Hall–Kier alpha value is -4.79. The number of rotatable bonds is 17. The molecule has 4 N–H and O–H groups in total. The number of Topliss-reactive ketones (excluding diaryl/α,β-unsaturated/α-hetero) is 1. The standard InChI is InChI=1S/C46H62N4O5/c1-11-15-26(4)16-14-17-27(5)20-21-55-39(51)19-18-34-30(8)36(22-35-29(7)32(12-2)25-48-35)49-43(34)41-42(46(53)54-10)45(52)40-31(9)37(50-44(40)41)23-38-33(13-3)28(6)24-47-38/h12,20,22-26,30,34,42-43,47-50H,2,11,13-19,21H2,1,3-10H3/b27-20+,36-22-,37-23-/t26-,30+,34+,42-,43?/m1/s1. The number of aromatic amines is 3. The molecule has 9 heteroatoms. The second-order valence-electron chi connectivity index (χ2n) is 15.8. The van der Waals surface area contributed by atoms with Gasteiger partial charge in [0, 0.05) is 52.7 Å². The van der Waals surface area contributed by atoms with Crippen LogP contribution in [0.5, 0.6) is 0 Å². The molecule has 1 aliphatic carbocycles. The Morgan fingerprint density at radius 3 is 2.44 bits per heavy atom. The fourth-order valence-electron chi connectivity index (χ4n) is 8.70. The summed E-state index contributed by atoms with van der Waals surface area (Å²) in [6, 6.07) is -0.431. The molecule has 4 heterocycles. The SMILES string of the molecule is C=Cc1c[nH]c(/C=C2\NC(C3=c4[nH]/c(=C\c5[nH]cc(C)c5CC)c(C)c4C(=O)[C@@H]3C(=O)OC)[C@@H](CCC(=O)OC/C=C(\C)CCC[C@H](C)CCC)[C@@H]2C)c1C. The van der Waals surface area contributed by atoms with Crippen molar-refractivity contribution in [3.8, 4) is 0 Å². The van der Waals surface area contributed by atoms with Crippen LogP contribution >= 0.6 is 0 Å². The van der Waals surface area contributed by atoms with Crippen LogP contribution in [0.3, 0.4) is 0 Å². The van der Waals surface area contributed by atoms with Crippen LogP contribution in [-0.2, 0) is 25.5 Å². The van der Waals surface area contributed by atoms with Gasteiger partial charge in [-0.3, -0.25) is 14.4 Å². The van der Waals surface area contributed by atoms with E-state index < -0.39 is 17.9 Å². The van der Waals surface area contributed by atoms with Gasteiger partial charge in [0.05, 0.1) is 18.5 Å². The van der Waals surface area contributed by atoms with Crippen molar-refractivity contribution in [3.63, 3.8) is 0 Å². The number of esters is 2. The third kappa shape index (κ3) is 8.87. The molecule has 1 fully saturated rings. The number of carbonyl (C=O) groups is 3. The molecule has 55 heavy (non-hydrogen) atoms. The summed E-state index contributed by atoms with van der Waals surface area (Å²) in [6.07, 6.45) is 19.3. The lowest BCUT2D eigenvalue weighted by molar-refractivity contribution is -0.143. The van der Waals surface area contributed by atoms with Crippen molar-refractivity contribution < 1.29 is 23.9 Å². The minimum Gasteiger partial charge on any atom is -0.468 e. The van der Waals surface area contributed by atoms with Crippen molar-refractivity contribution in [2.75, 3.05) is 13.7 Å². The van der Waals surface area contributed by atoms with E-state index in [1.807, 2.05) is 38.4 Å². The Morgan fingerprint density at radius 1 is 1.02 bits per heavy atom. The van der Waals surface area contributed by atoms with Gasteiger partial charge in [-0.15, -0.1) is 0 Å². The average Bonchev–Trinajstić information content (AvgIpc) is 3.93. The maximum Gasteiger partial charge on any atom is 0.320 e. The molecule has 0 bridgehead atoms. The summed E-state index contributed by atoms with van der Waals surface area (Å²) in [5.41, 5.74) is 10.6. The smallest absolute Gasteiger partial charge is 0.320 e. The van der Waals surface area contributed by atoms with Gasteiger partial charge in [0.1, 0.15) is 12.5 Å². The average molecular weight is 751 g/mol. The lowest BCUT2D eigenvalue weighted by atomic mass is 9.80. The maximum absolute atomic E-state index is 14.3. The molecule has 0 saturated carbocycles. The van der Waals surface area contributed by atoms with Gasteiger partial charge in [0.15, 0.2) is 5.78 Å². The zero-order valence-electron chi connectivity index (χ0n) is 34.5. The third-order valence-electron chi connectivity index (χ3n) is 12.1. The largest absolute Gasteiger partial charge is 0.468 e. The predicted molar refractivity (Wildman–Crippen MR) is 222 cm³/mol. The molecule has 0 radical (unpaired) electrons. The van der Waals surface area contributed by atoms with Gasteiger partial charge < -0.3 is 29.7 Å². The number of hydrogen-bond acceptors (Lipinski definition) is 6. The number of carbonyl (C=O) groups excluding carboxylic acids is 3. The number of aromatic nitrogens is 3. The fourth-order valence-corrected chi connectivity index (χ4v) is 8.70. The van der Waals surface area contributed by atoms with Gasteiger partial charge in [0.2, 0.25) is 0 Å². The summed E-state index contributed by atoms with van der Waals surface area (Å²) in [5.74, 6) is -1.67. The quantitative estimate of drug-likeness (QED) is 0.0631. The van der Waals surface area contributed by atoms with E-state index >= 15 is 0 Å². The number of fused-ring (bicyclic) bond motifs is 1. The van der Waals surface area contributed by atoms with Crippen LogP contribution in [0.4, 0.5) is 0 Å². The summed E-state index contributed by atoms with van der Waals surface area (Å²) in [5, 5.41) is 5.21. The van der Waals surface area contributed by atoms with Gasteiger partial charge in [-0.25, -0.2) is 0 Å². The molecule has 1 saturated heterocycles. The zero-order chi connectivity index (χ0) is 40.0. The van der Waals surface area contributed by atoms with E-state index in [2.05, 4.69) is 80.5 Å². The lowest BCUT2D eigenvalue weighted by Crippen LogP contribution is -2.38. The van der Waals surface area contributed by atoms with E-state index in [0.29, 0.717) is 22.9 Å². The molecule has 3 aromatic rings. The van der Waals surface area contributed by atoms with Crippen molar-refractivity contribution in [3.05, 3.63) is 91.8 Å². The van der Waals surface area contributed by atoms with Crippen LogP contribution in [0.1, 0.15) is 129 Å². The predicted octanol–water partition coefficient (Wildman–Crippen LogP) is 7.91. The maximum atomic E-state index is 14.3. The normalized spacial score (nSPS) is 21.3. The molecule has 0 spiro atoms. The number of ketones is 1. The first-order chi connectivity index (χ1) is 26.3. The molecule has 5 rings (SSSR count). The number of ether oxygens (including phenoxy) is 2. The lowest BCUT2D eigenvalue weighted by Gasteiger charge is -2.25. The Morgan fingerprint density at radius 2 is 1.76 bits per heavy atom. The molecule has 2 aliphatic rings. The molecule has 296 valence electrons. The van der Waals surface area contributed by atoms with Crippen LogP contribution in [0.2, 0.25) is 0 Å². The molecular weight excluding hydrogens is 689 g/mol. The van der Waals surface area contributed by atoms with Gasteiger partial charge in [-0.05, 0) is 117 Å². The van der Waals surface area contributed by atoms with Crippen molar-refractivity contribution in [1.82, 2.24) is 20.3 Å². The molecule has 1 unspecified atom stereocenters. The summed E-state index contributed by atoms with van der Waals surface area (Å²) >= 11 is 0. The zero-order valence-corrected chi connectivity index (χ0v) is 34.5. The fraction of sp³-hybridized carbons (Fsp3) is 0.500. The van der Waals surface area contributed by atoms with E-state index in [-0.39, 0.29) is 36.6 Å². The highest BCUT2D eigenvalue weighted by Crippen LogP contribution is 2.42. The Labute approximate surface area is 326 Å². The third-order valence-corrected chi connectivity index (χ3v) is 12.1. The van der Waals surface area contributed by atoms with Crippen LogP contribution in [0, 0.1) is 44.4 Å². The monoisotopic (exact) mass is 750 g/mol. The van der Waals surface area contributed by atoms with Gasteiger partial charge >= 0.3 is 11.9 Å².